The second kappa shape index (κ2) is 6.97. The van der Waals surface area contributed by atoms with E-state index in [9.17, 15) is 9.18 Å². The minimum Gasteiger partial charge on any atom is -0.481 e. The summed E-state index contributed by atoms with van der Waals surface area (Å²) in [6.07, 6.45) is 3.34. The summed E-state index contributed by atoms with van der Waals surface area (Å²) in [4.78, 5) is 16.7. The third-order valence-corrected chi connectivity index (χ3v) is 4.37. The fraction of sp³-hybridized carbons (Fsp3) is 0.111. The first-order valence-corrected chi connectivity index (χ1v) is 8.01. The molecule has 0 bridgehead atoms. The fourth-order valence-electron chi connectivity index (χ4n) is 2.39. The van der Waals surface area contributed by atoms with Crippen molar-refractivity contribution in [1.29, 1.82) is 0 Å². The van der Waals surface area contributed by atoms with E-state index >= 15 is 0 Å². The van der Waals surface area contributed by atoms with Crippen molar-refractivity contribution in [3.8, 4) is 17.0 Å². The maximum atomic E-state index is 13.3. The number of halogens is 2. The van der Waals surface area contributed by atoms with Crippen molar-refractivity contribution in [2.75, 3.05) is 7.11 Å². The van der Waals surface area contributed by atoms with E-state index in [2.05, 4.69) is 20.9 Å². The number of methoxy groups -OCH3 is 1. The third-order valence-electron chi connectivity index (χ3n) is 3.60. The summed E-state index contributed by atoms with van der Waals surface area (Å²) < 4.78 is 20.3. The largest absolute Gasteiger partial charge is 0.481 e. The maximum absolute atomic E-state index is 13.3. The number of hydrogen-bond donors (Lipinski definition) is 0. The van der Waals surface area contributed by atoms with Gasteiger partial charge in [0, 0.05) is 29.6 Å². The van der Waals surface area contributed by atoms with Crippen LogP contribution in [0.15, 0.2) is 64.1 Å². The first kappa shape index (κ1) is 16.4. The molecule has 1 aromatic carbocycles. The molecule has 2 aromatic heterocycles. The van der Waals surface area contributed by atoms with Crippen molar-refractivity contribution >= 4 is 15.9 Å². The van der Waals surface area contributed by atoms with Gasteiger partial charge in [0.2, 0.25) is 5.88 Å². The Morgan fingerprint density at radius 1 is 1.25 bits per heavy atom. The summed E-state index contributed by atoms with van der Waals surface area (Å²) in [5.74, 6) is 0.190. The molecule has 122 valence electrons. The number of rotatable bonds is 4. The predicted molar refractivity (Wildman–Crippen MR) is 93.7 cm³/mol. The molecule has 6 heteroatoms. The van der Waals surface area contributed by atoms with Crippen LogP contribution in [0.4, 0.5) is 4.39 Å². The van der Waals surface area contributed by atoms with E-state index < -0.39 is 0 Å². The predicted octanol–water partition coefficient (Wildman–Crippen LogP) is 3.87. The third kappa shape index (κ3) is 3.38. The highest BCUT2D eigenvalue weighted by Crippen LogP contribution is 2.25. The zero-order valence-corrected chi connectivity index (χ0v) is 14.5. The van der Waals surface area contributed by atoms with E-state index in [-0.39, 0.29) is 11.4 Å². The van der Waals surface area contributed by atoms with Gasteiger partial charge in [-0.3, -0.25) is 4.79 Å². The lowest BCUT2D eigenvalue weighted by Gasteiger charge is -2.10. The quantitative estimate of drug-likeness (QED) is 0.681. The molecule has 0 fully saturated rings. The van der Waals surface area contributed by atoms with Gasteiger partial charge in [-0.15, -0.1) is 0 Å². The molecule has 0 saturated heterocycles. The summed E-state index contributed by atoms with van der Waals surface area (Å²) in [5, 5.41) is 0. The van der Waals surface area contributed by atoms with Crippen molar-refractivity contribution in [1.82, 2.24) is 9.55 Å². The van der Waals surface area contributed by atoms with Crippen LogP contribution in [0.25, 0.3) is 11.1 Å². The second-order valence-corrected chi connectivity index (χ2v) is 5.99. The average Bonchev–Trinajstić information content (AvgIpc) is 2.59. The Morgan fingerprint density at radius 3 is 2.75 bits per heavy atom. The number of ether oxygens (including phenoxy) is 1. The number of benzene rings is 1. The van der Waals surface area contributed by atoms with Gasteiger partial charge in [0.15, 0.2) is 0 Å². The summed E-state index contributed by atoms with van der Waals surface area (Å²) in [7, 11) is 1.55. The first-order chi connectivity index (χ1) is 11.6. The summed E-state index contributed by atoms with van der Waals surface area (Å²) >= 11 is 3.36. The Bertz CT molecular complexity index is 923. The Labute approximate surface area is 146 Å². The fourth-order valence-corrected chi connectivity index (χ4v) is 2.98. The zero-order valence-electron chi connectivity index (χ0n) is 12.9. The van der Waals surface area contributed by atoms with Crippen molar-refractivity contribution in [3.63, 3.8) is 0 Å². The van der Waals surface area contributed by atoms with Gasteiger partial charge in [0.05, 0.1) is 18.1 Å². The molecule has 0 saturated carbocycles. The van der Waals surface area contributed by atoms with Gasteiger partial charge < -0.3 is 9.30 Å². The van der Waals surface area contributed by atoms with Gasteiger partial charge in [0.25, 0.3) is 5.56 Å². The van der Waals surface area contributed by atoms with E-state index in [1.54, 1.807) is 37.7 Å². The van der Waals surface area contributed by atoms with Crippen molar-refractivity contribution in [2.24, 2.45) is 0 Å². The molecule has 0 atom stereocenters. The second-order valence-electron chi connectivity index (χ2n) is 5.20. The maximum Gasteiger partial charge on any atom is 0.265 e. The summed E-state index contributed by atoms with van der Waals surface area (Å²) in [5.41, 5.74) is 2.08. The van der Waals surface area contributed by atoms with Gasteiger partial charge >= 0.3 is 0 Å². The highest BCUT2D eigenvalue weighted by atomic mass is 79.9. The summed E-state index contributed by atoms with van der Waals surface area (Å²) in [6.45, 7) is 0.302. The lowest BCUT2D eigenvalue weighted by molar-refractivity contribution is 0.398. The summed E-state index contributed by atoms with van der Waals surface area (Å²) in [6, 6.07) is 11.6. The van der Waals surface area contributed by atoms with Crippen LogP contribution in [0.1, 0.15) is 5.56 Å². The van der Waals surface area contributed by atoms with Crippen LogP contribution in [-0.2, 0) is 6.54 Å². The number of hydrogen-bond acceptors (Lipinski definition) is 3. The van der Waals surface area contributed by atoms with E-state index in [4.69, 9.17) is 4.74 Å². The molecule has 0 unspecified atom stereocenters. The first-order valence-electron chi connectivity index (χ1n) is 7.22. The van der Waals surface area contributed by atoms with Gasteiger partial charge in [0.1, 0.15) is 5.82 Å². The van der Waals surface area contributed by atoms with Gasteiger partial charge in [-0.1, -0.05) is 12.1 Å². The molecular formula is C18H14BrFN2O2. The number of aromatic nitrogens is 2. The molecule has 2 heterocycles. The van der Waals surface area contributed by atoms with Crippen molar-refractivity contribution in [2.45, 2.75) is 6.54 Å². The number of nitrogens with zero attached hydrogens (tertiary/aromatic N) is 2. The molecular weight excluding hydrogens is 375 g/mol. The molecule has 0 N–H and O–H groups in total. The van der Waals surface area contributed by atoms with Crippen LogP contribution in [0.5, 0.6) is 5.88 Å². The highest BCUT2D eigenvalue weighted by Gasteiger charge is 2.10. The standard InChI is InChI=1S/C18H14BrFN2O2/c1-24-16-6-5-13(10-21-16)15-7-8-22(18(23)17(15)19)11-12-3-2-4-14(20)9-12/h2-10H,11H2,1H3. The SMILES string of the molecule is COc1ccc(-c2ccn(Cc3cccc(F)c3)c(=O)c2Br)cn1. The molecule has 0 radical (unpaired) electrons. The Balaban J connectivity index is 1.95. The van der Waals surface area contributed by atoms with Crippen LogP contribution < -0.4 is 10.3 Å². The van der Waals surface area contributed by atoms with Crippen LogP contribution >= 0.6 is 15.9 Å². The monoisotopic (exact) mass is 388 g/mol. The zero-order chi connectivity index (χ0) is 17.1. The molecule has 3 aromatic rings. The van der Waals surface area contributed by atoms with E-state index in [1.165, 1.54) is 16.7 Å². The van der Waals surface area contributed by atoms with Gasteiger partial charge in [-0.2, -0.15) is 0 Å². The van der Waals surface area contributed by atoms with Crippen LogP contribution in [0, 0.1) is 5.82 Å². The Hall–Kier alpha value is -2.47. The van der Waals surface area contributed by atoms with Crippen LogP contribution in [0.3, 0.4) is 0 Å². The molecule has 3 rings (SSSR count). The topological polar surface area (TPSA) is 44.1 Å². The molecule has 0 amide bonds. The smallest absolute Gasteiger partial charge is 0.265 e. The van der Waals surface area contributed by atoms with Gasteiger partial charge in [-0.05, 0) is 45.8 Å². The molecule has 0 aliphatic carbocycles. The van der Waals surface area contributed by atoms with E-state index in [0.29, 0.717) is 16.9 Å². The van der Waals surface area contributed by atoms with E-state index in [0.717, 1.165) is 16.7 Å². The minimum atomic E-state index is -0.319. The van der Waals surface area contributed by atoms with E-state index in [1.807, 2.05) is 12.1 Å². The molecule has 0 aliphatic rings. The van der Waals surface area contributed by atoms with Crippen LogP contribution in [-0.4, -0.2) is 16.7 Å². The lowest BCUT2D eigenvalue weighted by atomic mass is 10.1. The molecule has 0 spiro atoms. The Morgan fingerprint density at radius 2 is 2.08 bits per heavy atom. The lowest BCUT2D eigenvalue weighted by Crippen LogP contribution is -2.21. The van der Waals surface area contributed by atoms with Gasteiger partial charge in [-0.25, -0.2) is 9.37 Å². The number of pyridine rings is 2. The average molecular weight is 389 g/mol. The molecule has 24 heavy (non-hydrogen) atoms. The molecule has 0 aliphatic heterocycles. The van der Waals surface area contributed by atoms with Crippen molar-refractivity contribution in [3.05, 3.63) is 81.1 Å². The molecule has 4 nitrogen and oxygen atoms in total. The van der Waals surface area contributed by atoms with Crippen LogP contribution in [0.2, 0.25) is 0 Å². The Kier molecular flexibility index (Phi) is 4.76. The highest BCUT2D eigenvalue weighted by molar-refractivity contribution is 9.10. The normalized spacial score (nSPS) is 10.6. The minimum absolute atomic E-state index is 0.187. The van der Waals surface area contributed by atoms with Crippen molar-refractivity contribution < 1.29 is 9.13 Å².